The summed E-state index contributed by atoms with van der Waals surface area (Å²) in [6.07, 6.45) is 3.62. The van der Waals surface area contributed by atoms with Crippen LogP contribution in [0.3, 0.4) is 0 Å². The summed E-state index contributed by atoms with van der Waals surface area (Å²) < 4.78 is 13.2. The second-order valence-corrected chi connectivity index (χ2v) is 8.24. The van der Waals surface area contributed by atoms with Crippen LogP contribution in [0.1, 0.15) is 51.2 Å². The first-order valence-electron chi connectivity index (χ1n) is 9.52. The van der Waals surface area contributed by atoms with E-state index in [1.807, 2.05) is 0 Å². The number of fused-ring (bicyclic) bond motifs is 2. The van der Waals surface area contributed by atoms with Crippen LogP contribution in [0.15, 0.2) is 24.3 Å². The molecule has 1 aromatic carbocycles. The number of hydrogen-bond donors (Lipinski definition) is 3. The van der Waals surface area contributed by atoms with Crippen molar-refractivity contribution in [2.45, 2.75) is 38.3 Å². The molecular formula is C20H21ClFN5OS. The molecule has 0 saturated heterocycles. The molecule has 1 atom stereocenters. The highest BCUT2D eigenvalue weighted by atomic mass is 35.5. The fraction of sp³-hybridized carbons (Fsp3) is 0.350. The Bertz CT molecular complexity index is 1030. The van der Waals surface area contributed by atoms with Crippen molar-refractivity contribution in [3.05, 3.63) is 57.6 Å². The molecule has 1 aliphatic heterocycles. The Kier molecular flexibility index (Phi) is 5.67. The molecule has 0 saturated carbocycles. The first-order chi connectivity index (χ1) is 13.7. The van der Waals surface area contributed by atoms with Crippen molar-refractivity contribution in [1.29, 1.82) is 0 Å². The Morgan fingerprint density at radius 1 is 1.24 bits per heavy atom. The van der Waals surface area contributed by atoms with Gasteiger partial charge >= 0.3 is 0 Å². The van der Waals surface area contributed by atoms with Gasteiger partial charge in [-0.25, -0.2) is 9.37 Å². The molecular weight excluding hydrogens is 413 g/mol. The zero-order valence-electron chi connectivity index (χ0n) is 15.6. The van der Waals surface area contributed by atoms with Gasteiger partial charge in [0.25, 0.3) is 5.91 Å². The van der Waals surface area contributed by atoms with Gasteiger partial charge in [0.05, 0.1) is 16.6 Å². The van der Waals surface area contributed by atoms with E-state index >= 15 is 0 Å². The van der Waals surface area contributed by atoms with Crippen molar-refractivity contribution in [2.75, 3.05) is 6.54 Å². The summed E-state index contributed by atoms with van der Waals surface area (Å²) in [5.41, 5.74) is 4.43. The van der Waals surface area contributed by atoms with Gasteiger partial charge in [-0.05, 0) is 43.5 Å². The first-order valence-corrected chi connectivity index (χ1v) is 10.3. The minimum atomic E-state index is -0.257. The van der Waals surface area contributed by atoms with Crippen LogP contribution in [0.4, 0.5) is 4.39 Å². The van der Waals surface area contributed by atoms with Gasteiger partial charge in [-0.3, -0.25) is 9.89 Å². The van der Waals surface area contributed by atoms with Crippen LogP contribution in [0.25, 0.3) is 10.6 Å². The number of aromatic nitrogens is 3. The van der Waals surface area contributed by atoms with Crippen molar-refractivity contribution in [3.63, 3.8) is 0 Å². The number of carbonyl (C=O) groups excluding carboxylic acids is 1. The topological polar surface area (TPSA) is 82.7 Å². The molecule has 3 N–H and O–H groups in total. The highest BCUT2D eigenvalue weighted by molar-refractivity contribution is 7.15. The molecule has 3 heterocycles. The lowest BCUT2D eigenvalue weighted by atomic mass is 9.97. The van der Waals surface area contributed by atoms with Crippen molar-refractivity contribution in [2.24, 2.45) is 0 Å². The number of thiazole rings is 1. The third kappa shape index (κ3) is 3.80. The van der Waals surface area contributed by atoms with Crippen LogP contribution in [-0.2, 0) is 19.4 Å². The highest BCUT2D eigenvalue weighted by Crippen LogP contribution is 2.38. The molecule has 5 rings (SSSR count). The molecule has 0 radical (unpaired) electrons. The van der Waals surface area contributed by atoms with E-state index in [0.717, 1.165) is 64.6 Å². The molecule has 0 bridgehead atoms. The second-order valence-electron chi connectivity index (χ2n) is 7.21. The molecule has 152 valence electrons. The van der Waals surface area contributed by atoms with Crippen LogP contribution >= 0.6 is 23.7 Å². The fourth-order valence-electron chi connectivity index (χ4n) is 3.91. The molecule has 0 fully saturated rings. The van der Waals surface area contributed by atoms with Gasteiger partial charge in [0.1, 0.15) is 10.8 Å². The number of carbonyl (C=O) groups is 1. The quantitative estimate of drug-likeness (QED) is 0.590. The molecule has 2 aromatic heterocycles. The standard InChI is InChI=1S/C20H20FN5OS.ClH/c21-12-6-4-11(5-7-12)20-24-16-3-1-2-15(18(16)28-20)23-19(27)17-13-10-22-9-8-14(13)25-26-17;/h4-7,15,22H,1-3,8-10H2,(H,23,27)(H,25,26);1H. The first kappa shape index (κ1) is 20.0. The zero-order valence-corrected chi connectivity index (χ0v) is 17.3. The number of H-pyrrole nitrogens is 1. The van der Waals surface area contributed by atoms with E-state index in [9.17, 15) is 9.18 Å². The Morgan fingerprint density at radius 2 is 2.07 bits per heavy atom. The molecule has 1 unspecified atom stereocenters. The van der Waals surface area contributed by atoms with Crippen molar-refractivity contribution in [1.82, 2.24) is 25.8 Å². The van der Waals surface area contributed by atoms with Crippen LogP contribution < -0.4 is 10.6 Å². The molecule has 0 spiro atoms. The Labute approximate surface area is 177 Å². The third-order valence-electron chi connectivity index (χ3n) is 5.37. The molecule has 1 aliphatic carbocycles. The Hall–Kier alpha value is -2.29. The van der Waals surface area contributed by atoms with Gasteiger partial charge in [0, 0.05) is 36.3 Å². The van der Waals surface area contributed by atoms with E-state index in [-0.39, 0.29) is 30.2 Å². The lowest BCUT2D eigenvalue weighted by Gasteiger charge is -2.22. The number of benzene rings is 1. The van der Waals surface area contributed by atoms with Gasteiger partial charge in [0.15, 0.2) is 5.69 Å². The number of amides is 1. The average Bonchev–Trinajstić information content (AvgIpc) is 3.33. The summed E-state index contributed by atoms with van der Waals surface area (Å²) in [4.78, 5) is 18.7. The summed E-state index contributed by atoms with van der Waals surface area (Å²) in [7, 11) is 0. The number of hydrogen-bond acceptors (Lipinski definition) is 5. The Morgan fingerprint density at radius 3 is 2.90 bits per heavy atom. The number of nitrogens with one attached hydrogen (secondary N) is 3. The van der Waals surface area contributed by atoms with E-state index < -0.39 is 0 Å². The predicted molar refractivity (Wildman–Crippen MR) is 112 cm³/mol. The van der Waals surface area contributed by atoms with E-state index in [1.54, 1.807) is 23.5 Å². The van der Waals surface area contributed by atoms with E-state index in [1.165, 1.54) is 12.1 Å². The lowest BCUT2D eigenvalue weighted by Crippen LogP contribution is -2.32. The molecule has 3 aromatic rings. The third-order valence-corrected chi connectivity index (χ3v) is 6.63. The highest BCUT2D eigenvalue weighted by Gasteiger charge is 2.29. The van der Waals surface area contributed by atoms with E-state index in [2.05, 4.69) is 20.8 Å². The maximum Gasteiger partial charge on any atom is 0.272 e. The van der Waals surface area contributed by atoms with Crippen LogP contribution in [0, 0.1) is 5.82 Å². The number of halogens is 2. The SMILES string of the molecule is Cl.O=C(NC1CCCc2nc(-c3ccc(F)cc3)sc21)c1n[nH]c2c1CNCC2. The van der Waals surface area contributed by atoms with Gasteiger partial charge in [-0.2, -0.15) is 5.10 Å². The Balaban J connectivity index is 0.00000205. The summed E-state index contributed by atoms with van der Waals surface area (Å²) in [5, 5.41) is 14.6. The monoisotopic (exact) mass is 433 g/mol. The normalized spacial score (nSPS) is 17.8. The minimum Gasteiger partial charge on any atom is -0.343 e. The van der Waals surface area contributed by atoms with Crippen LogP contribution in [-0.4, -0.2) is 27.6 Å². The van der Waals surface area contributed by atoms with Gasteiger partial charge in [-0.1, -0.05) is 0 Å². The second kappa shape index (κ2) is 8.22. The van der Waals surface area contributed by atoms with Gasteiger partial charge < -0.3 is 10.6 Å². The number of nitrogens with zero attached hydrogens (tertiary/aromatic N) is 2. The van der Waals surface area contributed by atoms with Crippen molar-refractivity contribution >= 4 is 29.7 Å². The van der Waals surface area contributed by atoms with Gasteiger partial charge in [-0.15, -0.1) is 23.7 Å². The van der Waals surface area contributed by atoms with E-state index in [0.29, 0.717) is 12.2 Å². The lowest BCUT2D eigenvalue weighted by molar-refractivity contribution is 0.0927. The van der Waals surface area contributed by atoms with Gasteiger partial charge in [0.2, 0.25) is 0 Å². The predicted octanol–water partition coefficient (Wildman–Crippen LogP) is 3.55. The molecule has 29 heavy (non-hydrogen) atoms. The largest absolute Gasteiger partial charge is 0.343 e. The summed E-state index contributed by atoms with van der Waals surface area (Å²) in [6, 6.07) is 6.33. The number of aromatic amines is 1. The van der Waals surface area contributed by atoms with Crippen molar-refractivity contribution < 1.29 is 9.18 Å². The zero-order chi connectivity index (χ0) is 19.1. The maximum absolute atomic E-state index is 13.2. The maximum atomic E-state index is 13.2. The molecule has 6 nitrogen and oxygen atoms in total. The van der Waals surface area contributed by atoms with E-state index in [4.69, 9.17) is 4.98 Å². The minimum absolute atomic E-state index is 0. The van der Waals surface area contributed by atoms with Crippen LogP contribution in [0.5, 0.6) is 0 Å². The summed E-state index contributed by atoms with van der Waals surface area (Å²) >= 11 is 1.58. The van der Waals surface area contributed by atoms with Crippen molar-refractivity contribution in [3.8, 4) is 10.6 Å². The summed E-state index contributed by atoms with van der Waals surface area (Å²) in [6.45, 7) is 1.56. The molecule has 2 aliphatic rings. The molecule has 1 amide bonds. The number of aryl methyl sites for hydroxylation is 1. The summed E-state index contributed by atoms with van der Waals surface area (Å²) in [5.74, 6) is -0.400. The van der Waals surface area contributed by atoms with Crippen LogP contribution in [0.2, 0.25) is 0 Å². The fourth-order valence-corrected chi connectivity index (χ4v) is 5.12. The molecule has 9 heteroatoms. The average molecular weight is 434 g/mol. The smallest absolute Gasteiger partial charge is 0.272 e. The number of rotatable bonds is 3.